The lowest BCUT2D eigenvalue weighted by Crippen LogP contribution is -2.46. The zero-order valence-electron chi connectivity index (χ0n) is 9.43. The molecule has 0 aromatic rings. The molecule has 0 bridgehead atoms. The molecule has 2 amide bonds. The van der Waals surface area contributed by atoms with Gasteiger partial charge < -0.3 is 15.1 Å². The first-order chi connectivity index (χ1) is 8.06. The monoisotopic (exact) mass is 271 g/mol. The van der Waals surface area contributed by atoms with E-state index in [1.54, 1.807) is 6.92 Å². The second-order valence-electron chi connectivity index (χ2n) is 3.88. The Bertz CT molecular complexity index is 400. The molecule has 0 saturated carbocycles. The zero-order valence-corrected chi connectivity index (χ0v) is 11.1. The maximum atomic E-state index is 11.5. The molecule has 0 aliphatic carbocycles. The second kappa shape index (κ2) is 5.05. The number of carbonyl (C=O) groups is 2. The van der Waals surface area contributed by atoms with E-state index in [0.29, 0.717) is 22.3 Å². The summed E-state index contributed by atoms with van der Waals surface area (Å²) in [6.45, 7) is 4.49. The Labute approximate surface area is 109 Å². The van der Waals surface area contributed by atoms with Crippen LogP contribution in [0.3, 0.4) is 0 Å². The Morgan fingerprint density at radius 1 is 1.41 bits per heavy atom. The van der Waals surface area contributed by atoms with Gasteiger partial charge in [-0.15, -0.1) is 0 Å². The van der Waals surface area contributed by atoms with E-state index in [0.717, 1.165) is 13.1 Å². The molecule has 0 spiro atoms. The summed E-state index contributed by atoms with van der Waals surface area (Å²) >= 11 is 6.20. The Balaban J connectivity index is 1.94. The first kappa shape index (κ1) is 12.4. The van der Waals surface area contributed by atoms with E-state index in [9.17, 15) is 9.59 Å². The van der Waals surface area contributed by atoms with Crippen molar-refractivity contribution in [2.75, 3.05) is 26.2 Å². The first-order valence-electron chi connectivity index (χ1n) is 5.31. The summed E-state index contributed by atoms with van der Waals surface area (Å²) in [5, 5.41) is 2.58. The van der Waals surface area contributed by atoms with E-state index >= 15 is 0 Å². The van der Waals surface area contributed by atoms with Crippen LogP contribution in [0, 0.1) is 0 Å². The molecule has 2 rings (SSSR count). The highest BCUT2D eigenvalue weighted by Gasteiger charge is 2.24. The third kappa shape index (κ3) is 2.98. The lowest BCUT2D eigenvalue weighted by Gasteiger charge is -2.33. The predicted octanol–water partition coefficient (Wildman–Crippen LogP) is 0.140. The summed E-state index contributed by atoms with van der Waals surface area (Å²) in [4.78, 5) is 27.1. The number of rotatable bonds is 1. The molecule has 0 atom stereocenters. The van der Waals surface area contributed by atoms with Crippen molar-refractivity contribution in [3.63, 3.8) is 0 Å². The molecule has 5 nitrogen and oxygen atoms in total. The fourth-order valence-corrected chi connectivity index (χ4v) is 2.79. The second-order valence-corrected chi connectivity index (χ2v) is 5.60. The number of piperazine rings is 1. The van der Waals surface area contributed by atoms with Gasteiger partial charge in [0.2, 0.25) is 5.91 Å². The summed E-state index contributed by atoms with van der Waals surface area (Å²) in [6.07, 6.45) is 1.83. The zero-order chi connectivity index (χ0) is 12.4. The fraction of sp³-hybridized carbons (Fsp3) is 0.500. The highest BCUT2D eigenvalue weighted by Crippen LogP contribution is 2.24. The Morgan fingerprint density at radius 3 is 2.53 bits per heavy atom. The quantitative estimate of drug-likeness (QED) is 0.543. The lowest BCUT2D eigenvalue weighted by molar-refractivity contribution is -0.130. The summed E-state index contributed by atoms with van der Waals surface area (Å²) < 4.78 is 0.503. The van der Waals surface area contributed by atoms with Crippen LogP contribution in [0.5, 0.6) is 0 Å². The minimum absolute atomic E-state index is 0.103. The third-order valence-electron chi connectivity index (χ3n) is 2.70. The van der Waals surface area contributed by atoms with E-state index in [4.69, 9.17) is 12.2 Å². The predicted molar refractivity (Wildman–Crippen MR) is 70.2 cm³/mol. The van der Waals surface area contributed by atoms with Crippen LogP contribution < -0.4 is 5.32 Å². The molecule has 2 aliphatic heterocycles. The average Bonchev–Trinajstić information content (AvgIpc) is 2.58. The largest absolute Gasteiger partial charge is 0.373 e. The van der Waals surface area contributed by atoms with Gasteiger partial charge in [0.15, 0.2) is 0 Å². The SMILES string of the molecule is CC(=O)N1CCN(/C=C2\SC(=S)NC2=O)CC1. The molecule has 0 radical (unpaired) electrons. The van der Waals surface area contributed by atoms with Crippen LogP contribution in [-0.4, -0.2) is 52.1 Å². The van der Waals surface area contributed by atoms with Crippen LogP contribution in [-0.2, 0) is 9.59 Å². The Kier molecular flexibility index (Phi) is 3.68. The van der Waals surface area contributed by atoms with E-state index in [-0.39, 0.29) is 11.8 Å². The normalized spacial score (nSPS) is 23.2. The average molecular weight is 271 g/mol. The molecular weight excluding hydrogens is 258 g/mol. The van der Waals surface area contributed by atoms with Crippen molar-refractivity contribution in [1.82, 2.24) is 15.1 Å². The standard InChI is InChI=1S/C10H13N3O2S2/c1-7(14)13-4-2-12(3-5-13)6-8-9(15)11-10(16)17-8/h6H,2-5H2,1H3,(H,11,15,16)/b8-6-. The van der Waals surface area contributed by atoms with Crippen LogP contribution in [0.15, 0.2) is 11.1 Å². The number of amides is 2. The van der Waals surface area contributed by atoms with Crippen molar-refractivity contribution in [3.05, 3.63) is 11.1 Å². The van der Waals surface area contributed by atoms with E-state index in [1.807, 2.05) is 11.1 Å². The summed E-state index contributed by atoms with van der Waals surface area (Å²) in [5.41, 5.74) is 0. The molecule has 0 unspecified atom stereocenters. The van der Waals surface area contributed by atoms with Crippen LogP contribution in [0.2, 0.25) is 0 Å². The first-order valence-corrected chi connectivity index (χ1v) is 6.53. The minimum atomic E-state index is -0.131. The van der Waals surface area contributed by atoms with Gasteiger partial charge in [-0.1, -0.05) is 24.0 Å². The molecule has 1 N–H and O–H groups in total. The van der Waals surface area contributed by atoms with E-state index in [1.165, 1.54) is 11.8 Å². The topological polar surface area (TPSA) is 52.7 Å². The molecule has 2 aliphatic rings. The number of hydrogen-bond acceptors (Lipinski definition) is 5. The molecule has 2 fully saturated rings. The van der Waals surface area contributed by atoms with E-state index < -0.39 is 0 Å². The number of hydrogen-bond donors (Lipinski definition) is 1. The molecule has 7 heteroatoms. The Hall–Kier alpha value is -1.08. The third-order valence-corrected chi connectivity index (χ3v) is 3.85. The fourth-order valence-electron chi connectivity index (χ4n) is 1.74. The van der Waals surface area contributed by atoms with Crippen molar-refractivity contribution >= 4 is 40.1 Å². The molecule has 2 heterocycles. The summed E-state index contributed by atoms with van der Waals surface area (Å²) in [5.74, 6) is -0.0273. The van der Waals surface area contributed by atoms with Gasteiger partial charge in [-0.2, -0.15) is 0 Å². The highest BCUT2D eigenvalue weighted by atomic mass is 32.2. The maximum absolute atomic E-state index is 11.5. The summed E-state index contributed by atoms with van der Waals surface area (Å²) in [6, 6.07) is 0. The smallest absolute Gasteiger partial charge is 0.265 e. The van der Waals surface area contributed by atoms with Crippen molar-refractivity contribution in [3.8, 4) is 0 Å². The van der Waals surface area contributed by atoms with Gasteiger partial charge in [-0.25, -0.2) is 0 Å². The van der Waals surface area contributed by atoms with Gasteiger partial charge in [-0.3, -0.25) is 9.59 Å². The van der Waals surface area contributed by atoms with Crippen molar-refractivity contribution in [2.45, 2.75) is 6.92 Å². The molecule has 0 aromatic heterocycles. The molecule has 92 valence electrons. The van der Waals surface area contributed by atoms with Crippen molar-refractivity contribution < 1.29 is 9.59 Å². The lowest BCUT2D eigenvalue weighted by atomic mass is 10.3. The van der Waals surface area contributed by atoms with Gasteiger partial charge in [0.25, 0.3) is 5.91 Å². The molecular formula is C10H13N3O2S2. The van der Waals surface area contributed by atoms with Gasteiger partial charge in [0, 0.05) is 39.3 Å². The number of thioether (sulfide) groups is 1. The number of carbonyl (C=O) groups excluding carboxylic acids is 2. The van der Waals surface area contributed by atoms with Gasteiger partial charge in [0.05, 0.1) is 4.91 Å². The molecule has 0 aromatic carbocycles. The van der Waals surface area contributed by atoms with E-state index in [2.05, 4.69) is 10.2 Å². The van der Waals surface area contributed by atoms with Crippen molar-refractivity contribution in [1.29, 1.82) is 0 Å². The number of thiocarbonyl (C=S) groups is 1. The van der Waals surface area contributed by atoms with Gasteiger partial charge in [-0.05, 0) is 0 Å². The van der Waals surface area contributed by atoms with Gasteiger partial charge >= 0.3 is 0 Å². The molecule has 17 heavy (non-hydrogen) atoms. The van der Waals surface area contributed by atoms with Crippen LogP contribution in [0.25, 0.3) is 0 Å². The van der Waals surface area contributed by atoms with Crippen LogP contribution in [0.4, 0.5) is 0 Å². The highest BCUT2D eigenvalue weighted by molar-refractivity contribution is 8.26. The maximum Gasteiger partial charge on any atom is 0.265 e. The van der Waals surface area contributed by atoms with Crippen LogP contribution >= 0.6 is 24.0 Å². The number of nitrogens with one attached hydrogen (secondary N) is 1. The summed E-state index contributed by atoms with van der Waals surface area (Å²) in [7, 11) is 0. The Morgan fingerprint density at radius 2 is 2.06 bits per heavy atom. The minimum Gasteiger partial charge on any atom is -0.373 e. The van der Waals surface area contributed by atoms with Gasteiger partial charge in [0.1, 0.15) is 4.32 Å². The van der Waals surface area contributed by atoms with Crippen LogP contribution in [0.1, 0.15) is 6.92 Å². The van der Waals surface area contributed by atoms with Crippen molar-refractivity contribution in [2.24, 2.45) is 0 Å². The molecule has 2 saturated heterocycles. The number of nitrogens with zero attached hydrogens (tertiary/aromatic N) is 2.